The number of nitrogens with two attached hydrogens (primary N) is 1. The average Bonchev–Trinajstić information content (AvgIpc) is 2.15. The summed E-state index contributed by atoms with van der Waals surface area (Å²) in [4.78, 5) is 22.0. The van der Waals surface area contributed by atoms with Gasteiger partial charge in [-0.3, -0.25) is 9.59 Å². The molecule has 0 saturated carbocycles. The molecule has 0 aromatic rings. The van der Waals surface area contributed by atoms with Gasteiger partial charge in [0, 0.05) is 19.1 Å². The molecule has 1 rings (SSSR count). The number of carbonyl (C=O) groups is 2. The number of aliphatic carboxylic acids is 1. The van der Waals surface area contributed by atoms with Crippen LogP contribution in [0.15, 0.2) is 0 Å². The molecule has 92 valence electrons. The van der Waals surface area contributed by atoms with Crippen LogP contribution in [0.3, 0.4) is 0 Å². The van der Waals surface area contributed by atoms with Gasteiger partial charge in [0.1, 0.15) is 0 Å². The Morgan fingerprint density at radius 2 is 1.94 bits per heavy atom. The molecule has 1 heterocycles. The Balaban J connectivity index is 2.73. The molecule has 16 heavy (non-hydrogen) atoms. The Bertz CT molecular complexity index is 305. The van der Waals surface area contributed by atoms with E-state index in [0.29, 0.717) is 4.90 Å². The van der Waals surface area contributed by atoms with E-state index in [9.17, 15) is 22.8 Å². The first-order valence-electron chi connectivity index (χ1n) is 4.58. The molecule has 1 aliphatic heterocycles. The number of likely N-dealkylation sites (tertiary alicyclic amines) is 1. The standard InChI is InChI=1S/C8H11F3N2O3/c9-8(10,11)7(16)13-2-1-5(12)4(3-13)6(14)15/h4-5H,1-3,12H2,(H,14,15). The van der Waals surface area contributed by atoms with Gasteiger partial charge >= 0.3 is 18.1 Å². The summed E-state index contributed by atoms with van der Waals surface area (Å²) in [6.07, 6.45) is -4.91. The maximum Gasteiger partial charge on any atom is 0.471 e. The molecular formula is C8H11F3N2O3. The summed E-state index contributed by atoms with van der Waals surface area (Å²) in [5.74, 6) is -4.43. The summed E-state index contributed by atoms with van der Waals surface area (Å²) in [5, 5.41) is 8.71. The summed E-state index contributed by atoms with van der Waals surface area (Å²) >= 11 is 0. The van der Waals surface area contributed by atoms with Gasteiger partial charge in [-0.05, 0) is 6.42 Å². The first-order valence-corrected chi connectivity index (χ1v) is 4.58. The maximum atomic E-state index is 12.1. The third kappa shape index (κ3) is 2.63. The van der Waals surface area contributed by atoms with Gasteiger partial charge in [0.25, 0.3) is 0 Å². The first-order chi connectivity index (χ1) is 7.23. The lowest BCUT2D eigenvalue weighted by molar-refractivity contribution is -0.188. The highest BCUT2D eigenvalue weighted by Crippen LogP contribution is 2.23. The van der Waals surface area contributed by atoms with Crippen LogP contribution in [0.1, 0.15) is 6.42 Å². The molecule has 0 aromatic heterocycles. The fourth-order valence-electron chi connectivity index (χ4n) is 1.60. The van der Waals surface area contributed by atoms with Crippen molar-refractivity contribution >= 4 is 11.9 Å². The Kier molecular flexibility index (Phi) is 3.41. The molecule has 3 N–H and O–H groups in total. The van der Waals surface area contributed by atoms with Gasteiger partial charge < -0.3 is 15.7 Å². The number of carboxylic acid groups (broad SMARTS) is 1. The summed E-state index contributed by atoms with van der Waals surface area (Å²) in [5.41, 5.74) is 5.45. The summed E-state index contributed by atoms with van der Waals surface area (Å²) in [6, 6.07) is -0.713. The Labute approximate surface area is 89.0 Å². The molecule has 0 aromatic carbocycles. The van der Waals surface area contributed by atoms with Crippen molar-refractivity contribution in [1.29, 1.82) is 0 Å². The van der Waals surface area contributed by atoms with Crippen molar-refractivity contribution in [2.75, 3.05) is 13.1 Å². The monoisotopic (exact) mass is 240 g/mol. The molecule has 1 aliphatic rings. The minimum Gasteiger partial charge on any atom is -0.481 e. The Morgan fingerprint density at radius 1 is 1.38 bits per heavy atom. The molecule has 1 saturated heterocycles. The number of carbonyl (C=O) groups excluding carboxylic acids is 1. The molecule has 1 amide bonds. The SMILES string of the molecule is NC1CCN(C(=O)C(F)(F)F)CC1C(=O)O. The second-order valence-corrected chi connectivity index (χ2v) is 3.65. The molecule has 8 heteroatoms. The lowest BCUT2D eigenvalue weighted by Gasteiger charge is -2.34. The molecular weight excluding hydrogens is 229 g/mol. The highest BCUT2D eigenvalue weighted by molar-refractivity contribution is 5.83. The summed E-state index contributed by atoms with van der Waals surface area (Å²) in [6.45, 7) is -0.655. The van der Waals surface area contributed by atoms with E-state index in [0.717, 1.165) is 0 Å². The predicted octanol–water partition coefficient (Wildman–Crippen LogP) is -0.191. The smallest absolute Gasteiger partial charge is 0.471 e. The highest BCUT2D eigenvalue weighted by Gasteiger charge is 2.45. The Morgan fingerprint density at radius 3 is 2.38 bits per heavy atom. The van der Waals surface area contributed by atoms with Crippen molar-refractivity contribution in [3.05, 3.63) is 0 Å². The third-order valence-electron chi connectivity index (χ3n) is 2.51. The maximum absolute atomic E-state index is 12.1. The van der Waals surface area contributed by atoms with Crippen LogP contribution in [0.4, 0.5) is 13.2 Å². The van der Waals surface area contributed by atoms with Crippen LogP contribution in [0.5, 0.6) is 0 Å². The van der Waals surface area contributed by atoms with E-state index in [-0.39, 0.29) is 13.0 Å². The third-order valence-corrected chi connectivity index (χ3v) is 2.51. The predicted molar refractivity (Wildman–Crippen MR) is 46.4 cm³/mol. The lowest BCUT2D eigenvalue weighted by Crippen LogP contribution is -2.54. The summed E-state index contributed by atoms with van der Waals surface area (Å²) in [7, 11) is 0. The topological polar surface area (TPSA) is 83.6 Å². The fraction of sp³-hybridized carbons (Fsp3) is 0.750. The van der Waals surface area contributed by atoms with Crippen molar-refractivity contribution in [3.8, 4) is 0 Å². The van der Waals surface area contributed by atoms with E-state index in [1.807, 2.05) is 0 Å². The fourth-order valence-corrected chi connectivity index (χ4v) is 1.60. The lowest BCUT2D eigenvalue weighted by atomic mass is 9.93. The number of hydrogen-bond donors (Lipinski definition) is 2. The van der Waals surface area contributed by atoms with Gasteiger partial charge in [0.2, 0.25) is 0 Å². The van der Waals surface area contributed by atoms with E-state index in [1.165, 1.54) is 0 Å². The largest absolute Gasteiger partial charge is 0.481 e. The zero-order valence-corrected chi connectivity index (χ0v) is 8.20. The first kappa shape index (κ1) is 12.8. The van der Waals surface area contributed by atoms with Crippen LogP contribution in [0.2, 0.25) is 0 Å². The van der Waals surface area contributed by atoms with Crippen LogP contribution in [-0.4, -0.2) is 47.2 Å². The van der Waals surface area contributed by atoms with Gasteiger partial charge in [-0.2, -0.15) is 13.2 Å². The summed E-state index contributed by atoms with van der Waals surface area (Å²) < 4.78 is 36.3. The number of nitrogens with zero attached hydrogens (tertiary/aromatic N) is 1. The molecule has 0 bridgehead atoms. The van der Waals surface area contributed by atoms with Gasteiger partial charge in [-0.15, -0.1) is 0 Å². The van der Waals surface area contributed by atoms with E-state index in [1.54, 1.807) is 0 Å². The number of rotatable bonds is 1. The van der Waals surface area contributed by atoms with Crippen LogP contribution >= 0.6 is 0 Å². The van der Waals surface area contributed by atoms with Crippen molar-refractivity contribution < 1.29 is 27.9 Å². The van der Waals surface area contributed by atoms with Crippen LogP contribution in [0.25, 0.3) is 0 Å². The van der Waals surface area contributed by atoms with Crippen LogP contribution in [-0.2, 0) is 9.59 Å². The van der Waals surface area contributed by atoms with Crippen molar-refractivity contribution in [2.24, 2.45) is 11.7 Å². The molecule has 2 atom stereocenters. The molecule has 0 aliphatic carbocycles. The minimum absolute atomic E-state index is 0.0544. The quantitative estimate of drug-likeness (QED) is 0.665. The van der Waals surface area contributed by atoms with E-state index in [4.69, 9.17) is 10.8 Å². The number of halogens is 3. The minimum atomic E-state index is -4.97. The number of alkyl halides is 3. The molecule has 0 spiro atoms. The number of amides is 1. The zero-order valence-electron chi connectivity index (χ0n) is 8.20. The zero-order chi connectivity index (χ0) is 12.5. The van der Waals surface area contributed by atoms with Crippen molar-refractivity contribution in [1.82, 2.24) is 4.90 Å². The van der Waals surface area contributed by atoms with Crippen LogP contribution < -0.4 is 5.73 Å². The van der Waals surface area contributed by atoms with E-state index >= 15 is 0 Å². The number of carboxylic acids is 1. The number of hydrogen-bond acceptors (Lipinski definition) is 3. The average molecular weight is 240 g/mol. The van der Waals surface area contributed by atoms with Crippen molar-refractivity contribution in [2.45, 2.75) is 18.6 Å². The molecule has 1 fully saturated rings. The normalized spacial score (nSPS) is 26.6. The molecule has 0 radical (unpaired) electrons. The second kappa shape index (κ2) is 4.28. The van der Waals surface area contributed by atoms with Gasteiger partial charge in [-0.1, -0.05) is 0 Å². The molecule has 2 unspecified atom stereocenters. The second-order valence-electron chi connectivity index (χ2n) is 3.65. The Hall–Kier alpha value is -1.31. The van der Waals surface area contributed by atoms with Crippen LogP contribution in [0, 0.1) is 5.92 Å². The highest BCUT2D eigenvalue weighted by atomic mass is 19.4. The van der Waals surface area contributed by atoms with E-state index in [2.05, 4.69) is 0 Å². The van der Waals surface area contributed by atoms with Gasteiger partial charge in [0.05, 0.1) is 5.92 Å². The van der Waals surface area contributed by atoms with Gasteiger partial charge in [0.15, 0.2) is 0 Å². The molecule has 5 nitrogen and oxygen atoms in total. The number of piperidine rings is 1. The van der Waals surface area contributed by atoms with Gasteiger partial charge in [-0.25, -0.2) is 0 Å². The van der Waals surface area contributed by atoms with E-state index < -0.39 is 36.6 Å². The van der Waals surface area contributed by atoms with Crippen molar-refractivity contribution in [3.63, 3.8) is 0 Å².